The fraction of sp³-hybridized carbons (Fsp3) is 0. The highest BCUT2D eigenvalue weighted by Gasteiger charge is 2.35. The number of nitriles is 3. The summed E-state index contributed by atoms with van der Waals surface area (Å²) in [6.45, 7) is 0. The minimum atomic E-state index is 0.0825. The summed E-state index contributed by atoms with van der Waals surface area (Å²) in [4.78, 5) is 0. The molecule has 0 unspecified atom stereocenters. The molecule has 0 aliphatic carbocycles. The van der Waals surface area contributed by atoms with Gasteiger partial charge in [-0.15, -0.1) is 0 Å². The van der Waals surface area contributed by atoms with Crippen LogP contribution in [-0.4, -0.2) is 0 Å². The Balaban J connectivity index is 1.63. The number of para-hydroxylation sites is 6. The maximum absolute atomic E-state index is 11.3. The molecule has 0 spiro atoms. The number of nitrogens with one attached hydrogen (secondary N) is 3. The highest BCUT2D eigenvalue weighted by atomic mass is 15.5. The summed E-state index contributed by atoms with van der Waals surface area (Å²) >= 11 is 0. The third kappa shape index (κ3) is 7.17. The molecule has 3 N–H and O–H groups in total. The number of hydrogen-bond donors (Lipinski definition) is 3. The fourth-order valence-corrected chi connectivity index (χ4v) is 6.11. The van der Waals surface area contributed by atoms with E-state index < -0.39 is 0 Å². The number of hydrazine groups is 3. The summed E-state index contributed by atoms with van der Waals surface area (Å²) in [6.07, 6.45) is 0. The molecule has 0 aromatic heterocycles. The van der Waals surface area contributed by atoms with E-state index in [1.54, 1.807) is 15.0 Å². The Morgan fingerprint density at radius 2 is 0.500 bits per heavy atom. The van der Waals surface area contributed by atoms with Gasteiger partial charge in [0.1, 0.15) is 52.0 Å². The number of rotatable bonds is 12. The molecule has 7 aromatic rings. The average molecular weight is 700 g/mol. The smallest absolute Gasteiger partial charge is 0.106 e. The van der Waals surface area contributed by atoms with Gasteiger partial charge in [-0.25, -0.2) is 0 Å². The first-order valence-corrected chi connectivity index (χ1v) is 17.1. The Bertz CT molecular complexity index is 2140. The number of anilines is 9. The van der Waals surface area contributed by atoms with Crippen LogP contribution in [0.1, 0.15) is 16.7 Å². The summed E-state index contributed by atoms with van der Waals surface area (Å²) in [5.74, 6) is 0. The van der Waals surface area contributed by atoms with Gasteiger partial charge in [-0.1, -0.05) is 109 Å². The summed E-state index contributed by atoms with van der Waals surface area (Å²) in [7, 11) is 0. The summed E-state index contributed by atoms with van der Waals surface area (Å²) < 4.78 is 0. The maximum atomic E-state index is 11.3. The topological polar surface area (TPSA) is 117 Å². The van der Waals surface area contributed by atoms with E-state index in [0.29, 0.717) is 34.1 Å². The minimum Gasteiger partial charge on any atom is -0.294 e. The van der Waals surface area contributed by atoms with Crippen LogP contribution in [0.25, 0.3) is 0 Å². The molecule has 9 nitrogen and oxygen atoms in total. The van der Waals surface area contributed by atoms with Crippen LogP contribution in [-0.2, 0) is 0 Å². The van der Waals surface area contributed by atoms with Crippen LogP contribution in [0.5, 0.6) is 0 Å². The Morgan fingerprint density at radius 1 is 0.296 bits per heavy atom. The zero-order chi connectivity index (χ0) is 37.1. The van der Waals surface area contributed by atoms with Gasteiger partial charge in [0.2, 0.25) is 0 Å². The molecule has 0 saturated carbocycles. The zero-order valence-electron chi connectivity index (χ0n) is 29.0. The van der Waals surface area contributed by atoms with Gasteiger partial charge in [-0.2, -0.15) is 15.8 Å². The standard InChI is InChI=1S/C45H33N9/c46-31-40-43(52(37-25-13-4-14-26-37)49-34-19-7-1-8-20-34)41(32-47)45(54(39-29-17-6-18-30-39)51-36-23-11-3-12-24-36)42(33-48)44(40)53(38-27-15-5-16-28-38)50-35-21-9-2-10-22-35/h1-30,49-51H. The predicted octanol–water partition coefficient (Wildman–Crippen LogP) is 10.8. The molecule has 0 bridgehead atoms. The average Bonchev–Trinajstić information content (AvgIpc) is 3.25. The van der Waals surface area contributed by atoms with Crippen molar-refractivity contribution in [2.75, 3.05) is 31.3 Å². The van der Waals surface area contributed by atoms with Crippen molar-refractivity contribution in [1.82, 2.24) is 0 Å². The van der Waals surface area contributed by atoms with Crippen LogP contribution in [0.4, 0.5) is 51.2 Å². The SMILES string of the molecule is N#Cc1c(N(Nc2ccccc2)c2ccccc2)c(C#N)c(N(Nc2ccccc2)c2ccccc2)c(C#N)c1N(Nc1ccccc1)c1ccccc1. The monoisotopic (exact) mass is 699 g/mol. The molecular weight excluding hydrogens is 667 g/mol. The first-order valence-electron chi connectivity index (χ1n) is 17.1. The summed E-state index contributed by atoms with van der Waals surface area (Å²) in [6, 6.07) is 64.3. The van der Waals surface area contributed by atoms with Gasteiger partial charge in [-0.3, -0.25) is 31.3 Å². The Morgan fingerprint density at radius 3 is 0.704 bits per heavy atom. The van der Waals surface area contributed by atoms with Gasteiger partial charge in [-0.05, 0) is 72.8 Å². The molecule has 0 aliphatic heterocycles. The van der Waals surface area contributed by atoms with E-state index in [2.05, 4.69) is 34.5 Å². The third-order valence-corrected chi connectivity index (χ3v) is 8.51. The van der Waals surface area contributed by atoms with Crippen molar-refractivity contribution in [2.45, 2.75) is 0 Å². The lowest BCUT2D eigenvalue weighted by atomic mass is 9.95. The second-order valence-electron chi connectivity index (χ2n) is 12.0. The van der Waals surface area contributed by atoms with Crippen molar-refractivity contribution in [3.05, 3.63) is 199 Å². The molecule has 7 aromatic carbocycles. The van der Waals surface area contributed by atoms with Crippen molar-refractivity contribution >= 4 is 51.2 Å². The van der Waals surface area contributed by atoms with Crippen LogP contribution in [0.15, 0.2) is 182 Å². The second-order valence-corrected chi connectivity index (χ2v) is 12.0. The van der Waals surface area contributed by atoms with Gasteiger partial charge in [0.05, 0.1) is 34.1 Å². The van der Waals surface area contributed by atoms with Crippen molar-refractivity contribution in [1.29, 1.82) is 15.8 Å². The largest absolute Gasteiger partial charge is 0.294 e. The predicted molar refractivity (Wildman–Crippen MR) is 217 cm³/mol. The first-order chi connectivity index (χ1) is 26.7. The van der Waals surface area contributed by atoms with Gasteiger partial charge in [0.15, 0.2) is 0 Å². The molecule has 0 aliphatic rings. The molecule has 54 heavy (non-hydrogen) atoms. The van der Waals surface area contributed by atoms with E-state index in [1.165, 1.54) is 0 Å². The van der Waals surface area contributed by atoms with Crippen molar-refractivity contribution in [3.8, 4) is 18.2 Å². The molecular formula is C45H33N9. The van der Waals surface area contributed by atoms with Gasteiger partial charge in [0, 0.05) is 0 Å². The number of benzene rings is 7. The molecule has 7 rings (SSSR count). The first kappa shape index (κ1) is 34.3. The van der Waals surface area contributed by atoms with Crippen LogP contribution in [0.3, 0.4) is 0 Å². The van der Waals surface area contributed by atoms with Crippen molar-refractivity contribution < 1.29 is 0 Å². The molecule has 0 heterocycles. The molecule has 0 amide bonds. The molecule has 0 fully saturated rings. The highest BCUT2D eigenvalue weighted by molar-refractivity contribution is 5.98. The lowest BCUT2D eigenvalue weighted by Crippen LogP contribution is -2.33. The van der Waals surface area contributed by atoms with Gasteiger partial charge >= 0.3 is 0 Å². The zero-order valence-corrected chi connectivity index (χ0v) is 29.0. The van der Waals surface area contributed by atoms with Crippen LogP contribution >= 0.6 is 0 Å². The van der Waals surface area contributed by atoms with E-state index in [1.807, 2.05) is 182 Å². The van der Waals surface area contributed by atoms with E-state index in [4.69, 9.17) is 0 Å². The Labute approximate surface area is 314 Å². The fourth-order valence-electron chi connectivity index (χ4n) is 6.11. The van der Waals surface area contributed by atoms with Gasteiger partial charge < -0.3 is 0 Å². The Kier molecular flexibility index (Phi) is 10.3. The van der Waals surface area contributed by atoms with Crippen molar-refractivity contribution in [3.63, 3.8) is 0 Å². The van der Waals surface area contributed by atoms with E-state index in [-0.39, 0.29) is 33.8 Å². The molecule has 0 saturated heterocycles. The van der Waals surface area contributed by atoms with Crippen LogP contribution in [0, 0.1) is 34.0 Å². The number of nitrogens with zero attached hydrogens (tertiary/aromatic N) is 6. The Hall–Kier alpha value is -8.19. The minimum absolute atomic E-state index is 0.0825. The lowest BCUT2D eigenvalue weighted by molar-refractivity contribution is 1.09. The highest BCUT2D eigenvalue weighted by Crippen LogP contribution is 2.48. The normalized spacial score (nSPS) is 10.2. The van der Waals surface area contributed by atoms with Crippen LogP contribution < -0.4 is 31.3 Å². The van der Waals surface area contributed by atoms with Crippen LogP contribution in [0.2, 0.25) is 0 Å². The lowest BCUT2D eigenvalue weighted by Gasteiger charge is -2.36. The summed E-state index contributed by atoms with van der Waals surface area (Å²) in [5.41, 5.74) is 15.5. The quantitative estimate of drug-likeness (QED) is 0.107. The molecule has 0 atom stereocenters. The van der Waals surface area contributed by atoms with Gasteiger partial charge in [0.25, 0.3) is 0 Å². The summed E-state index contributed by atoms with van der Waals surface area (Å²) in [5, 5.41) is 39.2. The molecule has 258 valence electrons. The number of hydrogen-bond acceptors (Lipinski definition) is 9. The molecule has 9 heteroatoms. The maximum Gasteiger partial charge on any atom is 0.106 e. The molecule has 0 radical (unpaired) electrons. The second kappa shape index (κ2) is 16.2. The van der Waals surface area contributed by atoms with E-state index in [0.717, 1.165) is 0 Å². The van der Waals surface area contributed by atoms with Crippen molar-refractivity contribution in [2.24, 2.45) is 0 Å². The van der Waals surface area contributed by atoms with E-state index in [9.17, 15) is 15.8 Å². The third-order valence-electron chi connectivity index (χ3n) is 8.51. The van der Waals surface area contributed by atoms with E-state index >= 15 is 0 Å².